The molecule has 0 amide bonds. The van der Waals surface area contributed by atoms with Gasteiger partial charge in [-0.25, -0.2) is 13.4 Å². The van der Waals surface area contributed by atoms with Crippen molar-refractivity contribution in [3.05, 3.63) is 16.1 Å². The van der Waals surface area contributed by atoms with Gasteiger partial charge in [-0.1, -0.05) is 0 Å². The molecule has 1 aromatic heterocycles. The summed E-state index contributed by atoms with van der Waals surface area (Å²) in [6, 6.07) is 0.0800. The second-order valence-corrected chi connectivity index (χ2v) is 8.06. The lowest BCUT2D eigenvalue weighted by Crippen LogP contribution is -2.32. The number of hydrogen-bond acceptors (Lipinski definition) is 6. The van der Waals surface area contributed by atoms with Crippen LogP contribution in [0.2, 0.25) is 0 Å². The summed E-state index contributed by atoms with van der Waals surface area (Å²) in [6.07, 6.45) is 0.725. The average Bonchev–Trinajstić information content (AvgIpc) is 2.84. The molecular weight excluding hydrogens is 270 g/mol. The van der Waals surface area contributed by atoms with E-state index in [-0.39, 0.29) is 17.8 Å². The standard InChI is InChI=1S/C11H19N3O2S2/c1-8(12)11-13-9(6-17-11)5-14(2)10-3-4-18(15,16)7-10/h6,8,10H,3-5,7,12H2,1-2H3. The lowest BCUT2D eigenvalue weighted by atomic mass is 10.2. The van der Waals surface area contributed by atoms with Gasteiger partial charge in [-0.3, -0.25) is 4.90 Å². The number of rotatable bonds is 4. The van der Waals surface area contributed by atoms with Gasteiger partial charge in [0.25, 0.3) is 0 Å². The van der Waals surface area contributed by atoms with Crippen molar-refractivity contribution in [2.75, 3.05) is 18.6 Å². The molecule has 1 fully saturated rings. The molecule has 1 saturated heterocycles. The number of aromatic nitrogens is 1. The summed E-state index contributed by atoms with van der Waals surface area (Å²) in [5.41, 5.74) is 6.74. The third kappa shape index (κ3) is 3.28. The molecule has 0 aromatic carbocycles. The van der Waals surface area contributed by atoms with Crippen LogP contribution in [0.4, 0.5) is 0 Å². The van der Waals surface area contributed by atoms with Crippen molar-refractivity contribution < 1.29 is 8.42 Å². The molecule has 0 radical (unpaired) electrons. The Kier molecular flexibility index (Phi) is 4.05. The second-order valence-electron chi connectivity index (χ2n) is 4.94. The van der Waals surface area contributed by atoms with Gasteiger partial charge < -0.3 is 5.73 Å². The summed E-state index contributed by atoms with van der Waals surface area (Å²) in [6.45, 7) is 2.60. The summed E-state index contributed by atoms with van der Waals surface area (Å²) in [5.74, 6) is 0.581. The highest BCUT2D eigenvalue weighted by molar-refractivity contribution is 7.91. The van der Waals surface area contributed by atoms with Crippen molar-refractivity contribution in [1.82, 2.24) is 9.88 Å². The minimum absolute atomic E-state index is 0.0408. The Hall–Kier alpha value is -0.500. The van der Waals surface area contributed by atoms with E-state index in [9.17, 15) is 8.42 Å². The first kappa shape index (κ1) is 13.9. The Balaban J connectivity index is 1.97. The number of thiazole rings is 1. The maximum Gasteiger partial charge on any atom is 0.151 e. The Labute approximate surface area is 112 Å². The van der Waals surface area contributed by atoms with Gasteiger partial charge in [0.1, 0.15) is 5.01 Å². The van der Waals surface area contributed by atoms with Crippen LogP contribution in [0.3, 0.4) is 0 Å². The first-order valence-electron chi connectivity index (χ1n) is 5.98. The topological polar surface area (TPSA) is 76.3 Å². The molecule has 0 saturated carbocycles. The Bertz CT molecular complexity index is 510. The van der Waals surface area contributed by atoms with Gasteiger partial charge in [0.2, 0.25) is 0 Å². The summed E-state index contributed by atoms with van der Waals surface area (Å²) in [5, 5.41) is 2.93. The van der Waals surface area contributed by atoms with Gasteiger partial charge >= 0.3 is 0 Å². The van der Waals surface area contributed by atoms with Gasteiger partial charge in [0.05, 0.1) is 23.2 Å². The predicted molar refractivity (Wildman–Crippen MR) is 73.2 cm³/mol. The lowest BCUT2D eigenvalue weighted by Gasteiger charge is -2.21. The zero-order valence-corrected chi connectivity index (χ0v) is 12.3. The molecular formula is C11H19N3O2S2. The second kappa shape index (κ2) is 5.24. The van der Waals surface area contributed by atoms with Crippen LogP contribution in [0.15, 0.2) is 5.38 Å². The minimum Gasteiger partial charge on any atom is -0.322 e. The highest BCUT2D eigenvalue weighted by Crippen LogP contribution is 2.20. The van der Waals surface area contributed by atoms with Crippen LogP contribution >= 0.6 is 11.3 Å². The van der Waals surface area contributed by atoms with E-state index >= 15 is 0 Å². The van der Waals surface area contributed by atoms with E-state index < -0.39 is 9.84 Å². The van der Waals surface area contributed by atoms with E-state index in [1.165, 1.54) is 0 Å². The van der Waals surface area contributed by atoms with Crippen LogP contribution in [0.25, 0.3) is 0 Å². The first-order valence-corrected chi connectivity index (χ1v) is 8.68. The number of sulfone groups is 1. The van der Waals surface area contributed by atoms with Gasteiger partial charge in [-0.05, 0) is 20.4 Å². The van der Waals surface area contributed by atoms with E-state index in [1.54, 1.807) is 11.3 Å². The number of nitrogens with two attached hydrogens (primary N) is 1. The minimum atomic E-state index is -2.82. The molecule has 102 valence electrons. The number of hydrogen-bond donors (Lipinski definition) is 1. The smallest absolute Gasteiger partial charge is 0.151 e. The summed E-state index contributed by atoms with van der Waals surface area (Å²) < 4.78 is 22.9. The van der Waals surface area contributed by atoms with E-state index in [4.69, 9.17) is 5.73 Å². The Morgan fingerprint density at radius 3 is 2.89 bits per heavy atom. The Morgan fingerprint density at radius 1 is 1.67 bits per heavy atom. The predicted octanol–water partition coefficient (Wildman–Crippen LogP) is 0.782. The third-order valence-electron chi connectivity index (χ3n) is 3.20. The molecule has 2 heterocycles. The van der Waals surface area contributed by atoms with Crippen molar-refractivity contribution >= 4 is 21.2 Å². The van der Waals surface area contributed by atoms with Crippen molar-refractivity contribution in [3.63, 3.8) is 0 Å². The monoisotopic (exact) mass is 289 g/mol. The van der Waals surface area contributed by atoms with Crippen LogP contribution in [-0.4, -0.2) is 42.9 Å². The van der Waals surface area contributed by atoms with Gasteiger partial charge in [0.15, 0.2) is 9.84 Å². The zero-order chi connectivity index (χ0) is 13.3. The van der Waals surface area contributed by atoms with E-state index in [1.807, 2.05) is 19.4 Å². The summed E-state index contributed by atoms with van der Waals surface area (Å²) in [7, 11) is -0.866. The maximum atomic E-state index is 11.4. The van der Waals surface area contributed by atoms with Crippen LogP contribution in [0, 0.1) is 0 Å². The van der Waals surface area contributed by atoms with Crippen molar-refractivity contribution in [2.24, 2.45) is 5.73 Å². The Morgan fingerprint density at radius 2 is 2.39 bits per heavy atom. The van der Waals surface area contributed by atoms with Gasteiger partial charge in [-0.2, -0.15) is 0 Å². The van der Waals surface area contributed by atoms with Crippen LogP contribution in [0.5, 0.6) is 0 Å². The molecule has 0 spiro atoms. The van der Waals surface area contributed by atoms with Gasteiger partial charge in [-0.15, -0.1) is 11.3 Å². The molecule has 2 atom stereocenters. The van der Waals surface area contributed by atoms with E-state index in [0.29, 0.717) is 12.3 Å². The molecule has 0 bridgehead atoms. The molecule has 7 heteroatoms. The maximum absolute atomic E-state index is 11.4. The lowest BCUT2D eigenvalue weighted by molar-refractivity contribution is 0.251. The van der Waals surface area contributed by atoms with Gasteiger partial charge in [0, 0.05) is 18.0 Å². The third-order valence-corrected chi connectivity index (χ3v) is 6.05. The molecule has 1 aromatic rings. The number of nitrogens with zero attached hydrogens (tertiary/aromatic N) is 2. The summed E-state index contributed by atoms with van der Waals surface area (Å²) in [4.78, 5) is 6.53. The quantitative estimate of drug-likeness (QED) is 0.886. The molecule has 2 N–H and O–H groups in total. The largest absolute Gasteiger partial charge is 0.322 e. The molecule has 1 aliphatic rings. The average molecular weight is 289 g/mol. The molecule has 5 nitrogen and oxygen atoms in total. The fourth-order valence-electron chi connectivity index (χ4n) is 2.11. The van der Waals surface area contributed by atoms with Crippen LogP contribution in [-0.2, 0) is 16.4 Å². The first-order chi connectivity index (χ1) is 8.37. The van der Waals surface area contributed by atoms with Crippen LogP contribution in [0.1, 0.15) is 30.1 Å². The molecule has 0 aliphatic carbocycles. The van der Waals surface area contributed by atoms with Crippen molar-refractivity contribution in [3.8, 4) is 0 Å². The van der Waals surface area contributed by atoms with E-state index in [2.05, 4.69) is 9.88 Å². The molecule has 2 unspecified atom stereocenters. The normalized spacial score (nSPS) is 24.6. The van der Waals surface area contributed by atoms with Crippen molar-refractivity contribution in [2.45, 2.75) is 32.0 Å². The zero-order valence-electron chi connectivity index (χ0n) is 10.7. The summed E-state index contributed by atoms with van der Waals surface area (Å²) >= 11 is 1.56. The van der Waals surface area contributed by atoms with Crippen molar-refractivity contribution in [1.29, 1.82) is 0 Å². The highest BCUT2D eigenvalue weighted by atomic mass is 32.2. The fourth-order valence-corrected chi connectivity index (χ4v) is 4.69. The fraction of sp³-hybridized carbons (Fsp3) is 0.727. The van der Waals surface area contributed by atoms with Crippen LogP contribution < -0.4 is 5.73 Å². The highest BCUT2D eigenvalue weighted by Gasteiger charge is 2.30. The van der Waals surface area contributed by atoms with E-state index in [0.717, 1.165) is 17.1 Å². The SMILES string of the molecule is CC(N)c1nc(CN(C)C2CCS(=O)(=O)C2)cs1. The molecule has 2 rings (SSSR count). The molecule has 18 heavy (non-hydrogen) atoms. The molecule has 1 aliphatic heterocycles.